The molecule has 104 valence electrons. The van der Waals surface area contributed by atoms with Crippen molar-refractivity contribution in [3.63, 3.8) is 0 Å². The second kappa shape index (κ2) is 6.00. The van der Waals surface area contributed by atoms with Gasteiger partial charge in [0.05, 0.1) is 7.11 Å². The van der Waals surface area contributed by atoms with Crippen LogP contribution in [0.25, 0.3) is 0 Å². The number of ether oxygens (including phenoxy) is 1. The molecule has 0 heterocycles. The van der Waals surface area contributed by atoms with Gasteiger partial charge in [-0.2, -0.15) is 0 Å². The predicted molar refractivity (Wildman–Crippen MR) is 83.7 cm³/mol. The number of benzene rings is 2. The second-order valence-electron chi connectivity index (χ2n) is 5.36. The summed E-state index contributed by atoms with van der Waals surface area (Å²) in [5, 5.41) is 3.52. The summed E-state index contributed by atoms with van der Waals surface area (Å²) in [5.41, 5.74) is 5.64. The molecule has 0 saturated heterocycles. The average molecular weight is 267 g/mol. The van der Waals surface area contributed by atoms with E-state index < -0.39 is 0 Å². The molecule has 2 aromatic carbocycles. The first-order valence-electron chi connectivity index (χ1n) is 7.34. The minimum Gasteiger partial charge on any atom is -0.497 e. The van der Waals surface area contributed by atoms with E-state index in [1.165, 1.54) is 41.6 Å². The van der Waals surface area contributed by atoms with E-state index in [9.17, 15) is 0 Å². The number of methoxy groups -OCH3 is 1. The van der Waals surface area contributed by atoms with E-state index in [-0.39, 0.29) is 0 Å². The zero-order chi connectivity index (χ0) is 13.8. The van der Waals surface area contributed by atoms with Crippen LogP contribution in [-0.2, 0) is 19.3 Å². The van der Waals surface area contributed by atoms with Crippen LogP contribution in [0.2, 0.25) is 0 Å². The topological polar surface area (TPSA) is 21.3 Å². The number of anilines is 1. The molecule has 2 aromatic rings. The van der Waals surface area contributed by atoms with Crippen LogP contribution in [0.4, 0.5) is 5.69 Å². The fraction of sp³-hybridized carbons (Fsp3) is 0.333. The van der Waals surface area contributed by atoms with Crippen LogP contribution in [0.1, 0.15) is 23.1 Å². The largest absolute Gasteiger partial charge is 0.497 e. The van der Waals surface area contributed by atoms with Crippen molar-refractivity contribution in [3.05, 3.63) is 59.2 Å². The quantitative estimate of drug-likeness (QED) is 0.888. The van der Waals surface area contributed by atoms with Gasteiger partial charge in [0.15, 0.2) is 0 Å². The second-order valence-corrected chi connectivity index (χ2v) is 5.36. The van der Waals surface area contributed by atoms with Gasteiger partial charge in [-0.25, -0.2) is 0 Å². The standard InChI is InChI=1S/C18H21NO/c1-20-18-9-5-14(6-10-18)11-12-19-17-8-7-15-3-2-4-16(15)13-17/h5-10,13,19H,2-4,11-12H2,1H3. The van der Waals surface area contributed by atoms with Crippen molar-refractivity contribution >= 4 is 5.69 Å². The summed E-state index contributed by atoms with van der Waals surface area (Å²) >= 11 is 0. The summed E-state index contributed by atoms with van der Waals surface area (Å²) in [6.45, 7) is 0.963. The summed E-state index contributed by atoms with van der Waals surface area (Å²) in [7, 11) is 1.70. The van der Waals surface area contributed by atoms with Crippen LogP contribution in [0.5, 0.6) is 5.75 Å². The molecule has 0 unspecified atom stereocenters. The third-order valence-electron chi connectivity index (χ3n) is 4.00. The zero-order valence-corrected chi connectivity index (χ0v) is 12.0. The summed E-state index contributed by atoms with van der Waals surface area (Å²) in [6, 6.07) is 15.1. The smallest absolute Gasteiger partial charge is 0.118 e. The SMILES string of the molecule is COc1ccc(CCNc2ccc3c(c2)CCC3)cc1. The maximum atomic E-state index is 5.17. The maximum Gasteiger partial charge on any atom is 0.118 e. The fourth-order valence-corrected chi connectivity index (χ4v) is 2.83. The zero-order valence-electron chi connectivity index (χ0n) is 12.0. The van der Waals surface area contributed by atoms with E-state index in [0.29, 0.717) is 0 Å². The van der Waals surface area contributed by atoms with Gasteiger partial charge in [-0.05, 0) is 66.6 Å². The van der Waals surface area contributed by atoms with Crippen molar-refractivity contribution < 1.29 is 4.74 Å². The number of nitrogens with one attached hydrogen (secondary N) is 1. The van der Waals surface area contributed by atoms with E-state index >= 15 is 0 Å². The highest BCUT2D eigenvalue weighted by molar-refractivity contribution is 5.50. The third kappa shape index (κ3) is 2.96. The van der Waals surface area contributed by atoms with Crippen LogP contribution in [0, 0.1) is 0 Å². The van der Waals surface area contributed by atoms with Crippen molar-refractivity contribution in [2.24, 2.45) is 0 Å². The molecule has 0 radical (unpaired) electrons. The van der Waals surface area contributed by atoms with Gasteiger partial charge < -0.3 is 10.1 Å². The van der Waals surface area contributed by atoms with Crippen LogP contribution in [0.15, 0.2) is 42.5 Å². The molecule has 1 aliphatic rings. The lowest BCUT2D eigenvalue weighted by atomic mass is 10.1. The normalized spacial score (nSPS) is 13.1. The van der Waals surface area contributed by atoms with E-state index in [2.05, 4.69) is 35.6 Å². The molecular formula is C18H21NO. The molecule has 0 aromatic heterocycles. The van der Waals surface area contributed by atoms with Gasteiger partial charge >= 0.3 is 0 Å². The molecule has 0 atom stereocenters. The van der Waals surface area contributed by atoms with Crippen LogP contribution < -0.4 is 10.1 Å². The molecule has 2 heteroatoms. The Hall–Kier alpha value is -1.96. The summed E-state index contributed by atoms with van der Waals surface area (Å²) in [4.78, 5) is 0. The average Bonchev–Trinajstić information content (AvgIpc) is 2.95. The predicted octanol–water partition coefficient (Wildman–Crippen LogP) is 3.84. The molecule has 0 bridgehead atoms. The molecule has 0 aliphatic heterocycles. The molecule has 0 fully saturated rings. The third-order valence-corrected chi connectivity index (χ3v) is 4.00. The first kappa shape index (κ1) is 13.0. The Bertz CT molecular complexity index is 574. The highest BCUT2D eigenvalue weighted by Crippen LogP contribution is 2.24. The first-order chi connectivity index (χ1) is 9.85. The molecule has 20 heavy (non-hydrogen) atoms. The van der Waals surface area contributed by atoms with Crippen LogP contribution in [0.3, 0.4) is 0 Å². The number of hydrogen-bond donors (Lipinski definition) is 1. The van der Waals surface area contributed by atoms with E-state index in [1.54, 1.807) is 7.11 Å². The Morgan fingerprint density at radius 3 is 2.60 bits per heavy atom. The van der Waals surface area contributed by atoms with Crippen molar-refractivity contribution in [2.45, 2.75) is 25.7 Å². The molecule has 2 nitrogen and oxygen atoms in total. The molecular weight excluding hydrogens is 246 g/mol. The number of fused-ring (bicyclic) bond motifs is 1. The van der Waals surface area contributed by atoms with E-state index in [1.807, 2.05) is 12.1 Å². The Morgan fingerprint density at radius 2 is 1.80 bits per heavy atom. The van der Waals surface area contributed by atoms with Crippen molar-refractivity contribution in [1.82, 2.24) is 0 Å². The van der Waals surface area contributed by atoms with Crippen molar-refractivity contribution in [2.75, 3.05) is 19.0 Å². The fourth-order valence-electron chi connectivity index (χ4n) is 2.83. The molecule has 0 spiro atoms. The number of aryl methyl sites for hydroxylation is 2. The minimum absolute atomic E-state index is 0.917. The number of hydrogen-bond acceptors (Lipinski definition) is 2. The number of rotatable bonds is 5. The maximum absolute atomic E-state index is 5.17. The summed E-state index contributed by atoms with van der Waals surface area (Å²) in [6.07, 6.45) is 4.83. The lowest BCUT2D eigenvalue weighted by Gasteiger charge is -2.09. The molecule has 0 saturated carbocycles. The highest BCUT2D eigenvalue weighted by atomic mass is 16.5. The lowest BCUT2D eigenvalue weighted by Crippen LogP contribution is -2.05. The Kier molecular flexibility index (Phi) is 3.91. The van der Waals surface area contributed by atoms with Crippen molar-refractivity contribution in [3.8, 4) is 5.75 Å². The van der Waals surface area contributed by atoms with Crippen molar-refractivity contribution in [1.29, 1.82) is 0 Å². The summed E-state index contributed by atoms with van der Waals surface area (Å²) < 4.78 is 5.17. The van der Waals surface area contributed by atoms with Gasteiger partial charge in [-0.1, -0.05) is 18.2 Å². The highest BCUT2D eigenvalue weighted by Gasteiger charge is 2.10. The van der Waals surface area contributed by atoms with Gasteiger partial charge in [0, 0.05) is 12.2 Å². The molecule has 0 amide bonds. The lowest BCUT2D eigenvalue weighted by molar-refractivity contribution is 0.414. The first-order valence-corrected chi connectivity index (χ1v) is 7.34. The van der Waals surface area contributed by atoms with E-state index in [0.717, 1.165) is 18.7 Å². The Morgan fingerprint density at radius 1 is 1.00 bits per heavy atom. The molecule has 1 aliphatic carbocycles. The molecule has 1 N–H and O–H groups in total. The van der Waals surface area contributed by atoms with Gasteiger partial charge in [0.1, 0.15) is 5.75 Å². The van der Waals surface area contributed by atoms with Gasteiger partial charge in [0.25, 0.3) is 0 Å². The van der Waals surface area contributed by atoms with Gasteiger partial charge in [0.2, 0.25) is 0 Å². The van der Waals surface area contributed by atoms with Gasteiger partial charge in [-0.3, -0.25) is 0 Å². The Balaban J connectivity index is 1.54. The van der Waals surface area contributed by atoms with Crippen LogP contribution >= 0.6 is 0 Å². The van der Waals surface area contributed by atoms with Crippen LogP contribution in [-0.4, -0.2) is 13.7 Å². The van der Waals surface area contributed by atoms with Gasteiger partial charge in [-0.15, -0.1) is 0 Å². The summed E-state index contributed by atoms with van der Waals surface area (Å²) in [5.74, 6) is 0.917. The Labute approximate surface area is 120 Å². The molecule has 3 rings (SSSR count). The monoisotopic (exact) mass is 267 g/mol. The minimum atomic E-state index is 0.917. The van der Waals surface area contributed by atoms with E-state index in [4.69, 9.17) is 4.74 Å².